The highest BCUT2D eigenvalue weighted by atomic mass is 35.5. The predicted octanol–water partition coefficient (Wildman–Crippen LogP) is 1.47. The van der Waals surface area contributed by atoms with Crippen LogP contribution < -0.4 is 10.9 Å². The summed E-state index contributed by atoms with van der Waals surface area (Å²) < 4.78 is 1.46. The molecule has 3 rings (SSSR count). The van der Waals surface area contributed by atoms with Crippen LogP contribution >= 0.6 is 11.6 Å². The summed E-state index contributed by atoms with van der Waals surface area (Å²) in [7, 11) is 0. The van der Waals surface area contributed by atoms with E-state index in [4.69, 9.17) is 11.6 Å². The lowest BCUT2D eigenvalue weighted by molar-refractivity contribution is 0.0841. The maximum Gasteiger partial charge on any atom is 0.309 e. The van der Waals surface area contributed by atoms with Crippen molar-refractivity contribution in [1.82, 2.24) is 30.4 Å². The van der Waals surface area contributed by atoms with Gasteiger partial charge in [0.1, 0.15) is 0 Å². The fourth-order valence-corrected chi connectivity index (χ4v) is 2.37. The van der Waals surface area contributed by atoms with E-state index in [0.29, 0.717) is 5.78 Å². The van der Waals surface area contributed by atoms with E-state index in [2.05, 4.69) is 25.9 Å². The van der Waals surface area contributed by atoms with E-state index in [9.17, 15) is 9.59 Å². The second kappa shape index (κ2) is 6.25. The van der Waals surface area contributed by atoms with Gasteiger partial charge in [0.05, 0.1) is 10.6 Å². The van der Waals surface area contributed by atoms with Gasteiger partial charge < -0.3 is 0 Å². The number of hydrogen-bond donors (Lipinski definition) is 2. The first kappa shape index (κ1) is 15.9. The Bertz CT molecular complexity index is 952. The Hall–Kier alpha value is -3.00. The van der Waals surface area contributed by atoms with Gasteiger partial charge in [-0.2, -0.15) is 4.98 Å². The fraction of sp³-hybridized carbons (Fsp3) is 0.133. The molecule has 24 heavy (non-hydrogen) atoms. The minimum Gasteiger partial charge on any atom is -0.267 e. The Morgan fingerprint density at radius 3 is 2.54 bits per heavy atom. The topological polar surface area (TPSA) is 101 Å². The highest BCUT2D eigenvalue weighted by Crippen LogP contribution is 2.14. The van der Waals surface area contributed by atoms with Crippen molar-refractivity contribution in [3.05, 3.63) is 58.1 Å². The van der Waals surface area contributed by atoms with Gasteiger partial charge in [-0.3, -0.25) is 20.4 Å². The van der Waals surface area contributed by atoms with Crippen molar-refractivity contribution in [3.8, 4) is 0 Å². The third-order valence-corrected chi connectivity index (χ3v) is 3.56. The third-order valence-electron chi connectivity index (χ3n) is 3.23. The number of nitrogens with zero attached hydrogens (tertiary/aromatic N) is 4. The Balaban J connectivity index is 1.75. The van der Waals surface area contributed by atoms with Crippen molar-refractivity contribution in [2.75, 3.05) is 0 Å². The van der Waals surface area contributed by atoms with Crippen molar-refractivity contribution in [2.45, 2.75) is 13.8 Å². The van der Waals surface area contributed by atoms with Gasteiger partial charge in [0.25, 0.3) is 11.7 Å². The summed E-state index contributed by atoms with van der Waals surface area (Å²) in [6.07, 6.45) is 0. The molecule has 0 aliphatic rings. The van der Waals surface area contributed by atoms with E-state index in [0.717, 1.165) is 11.4 Å². The van der Waals surface area contributed by atoms with E-state index < -0.39 is 11.8 Å². The molecule has 0 aliphatic heterocycles. The van der Waals surface area contributed by atoms with Crippen LogP contribution in [0.4, 0.5) is 0 Å². The summed E-state index contributed by atoms with van der Waals surface area (Å²) in [5, 5.41) is 4.36. The Morgan fingerprint density at radius 2 is 1.79 bits per heavy atom. The lowest BCUT2D eigenvalue weighted by Gasteiger charge is -2.06. The van der Waals surface area contributed by atoms with Crippen LogP contribution in [0.3, 0.4) is 0 Å². The van der Waals surface area contributed by atoms with Crippen LogP contribution in [0.25, 0.3) is 5.78 Å². The monoisotopic (exact) mass is 344 g/mol. The largest absolute Gasteiger partial charge is 0.309 e. The Labute approximate surface area is 141 Å². The van der Waals surface area contributed by atoms with E-state index in [1.165, 1.54) is 4.52 Å². The van der Waals surface area contributed by atoms with Gasteiger partial charge >= 0.3 is 5.91 Å². The molecule has 0 radical (unpaired) electrons. The van der Waals surface area contributed by atoms with Crippen molar-refractivity contribution in [2.24, 2.45) is 0 Å². The molecular formula is C15H13ClN6O2. The molecule has 0 atom stereocenters. The molecule has 8 nitrogen and oxygen atoms in total. The first-order valence-electron chi connectivity index (χ1n) is 7.02. The van der Waals surface area contributed by atoms with E-state index in [1.807, 2.05) is 19.9 Å². The quantitative estimate of drug-likeness (QED) is 0.685. The lowest BCUT2D eigenvalue weighted by Crippen LogP contribution is -2.42. The zero-order valence-electron chi connectivity index (χ0n) is 12.9. The summed E-state index contributed by atoms with van der Waals surface area (Å²) in [5.74, 6) is -0.980. The fourth-order valence-electron chi connectivity index (χ4n) is 2.14. The molecular weight excluding hydrogens is 332 g/mol. The minimum atomic E-state index is -0.655. The van der Waals surface area contributed by atoms with Crippen LogP contribution in [0.1, 0.15) is 32.4 Å². The second-order valence-electron chi connectivity index (χ2n) is 5.07. The molecule has 0 spiro atoms. The van der Waals surface area contributed by atoms with Gasteiger partial charge in [-0.05, 0) is 32.0 Å². The molecule has 0 saturated heterocycles. The number of carbonyl (C=O) groups excluding carboxylic acids is 2. The number of amides is 2. The molecule has 1 aromatic carbocycles. The van der Waals surface area contributed by atoms with Crippen LogP contribution in [-0.2, 0) is 0 Å². The molecule has 0 saturated carbocycles. The average Bonchev–Trinajstić information content (AvgIpc) is 2.97. The van der Waals surface area contributed by atoms with E-state index in [-0.39, 0.29) is 16.4 Å². The molecule has 2 aromatic heterocycles. The average molecular weight is 345 g/mol. The first-order chi connectivity index (χ1) is 11.5. The number of benzene rings is 1. The van der Waals surface area contributed by atoms with Gasteiger partial charge in [-0.25, -0.2) is 9.50 Å². The van der Waals surface area contributed by atoms with Crippen LogP contribution in [0, 0.1) is 13.8 Å². The lowest BCUT2D eigenvalue weighted by atomic mass is 10.2. The number of fused-ring (bicyclic) bond motifs is 1. The van der Waals surface area contributed by atoms with Crippen molar-refractivity contribution in [3.63, 3.8) is 0 Å². The summed E-state index contributed by atoms with van der Waals surface area (Å²) in [6.45, 7) is 3.66. The van der Waals surface area contributed by atoms with Gasteiger partial charge in [0, 0.05) is 11.4 Å². The Kier molecular flexibility index (Phi) is 4.13. The normalized spacial score (nSPS) is 10.6. The molecule has 2 amide bonds. The molecule has 0 aliphatic carbocycles. The molecule has 2 N–H and O–H groups in total. The first-order valence-corrected chi connectivity index (χ1v) is 7.40. The van der Waals surface area contributed by atoms with Gasteiger partial charge in [-0.1, -0.05) is 23.7 Å². The van der Waals surface area contributed by atoms with Gasteiger partial charge in [0.2, 0.25) is 5.82 Å². The zero-order chi connectivity index (χ0) is 17.3. The smallest absolute Gasteiger partial charge is 0.267 e. The molecule has 0 fully saturated rings. The SMILES string of the molecule is Cc1cc(C)n2nc(C(=O)NNC(=O)c3ccccc3Cl)nc2n1. The standard InChI is InChI=1S/C15H13ClN6O2/c1-8-7-9(2)22-15(17-8)18-12(21-22)14(24)20-19-13(23)10-5-3-4-6-11(10)16/h3-7H,1-2H3,(H,19,23)(H,20,24). The summed E-state index contributed by atoms with van der Waals surface area (Å²) in [5.41, 5.74) is 6.34. The van der Waals surface area contributed by atoms with Crippen LogP contribution in [-0.4, -0.2) is 31.4 Å². The Morgan fingerprint density at radius 1 is 1.08 bits per heavy atom. The number of hydrogen-bond acceptors (Lipinski definition) is 5. The number of hydrazine groups is 1. The third kappa shape index (κ3) is 3.04. The highest BCUT2D eigenvalue weighted by Gasteiger charge is 2.16. The maximum atomic E-state index is 12.1. The molecule has 0 bridgehead atoms. The predicted molar refractivity (Wildman–Crippen MR) is 86.6 cm³/mol. The number of nitrogens with one attached hydrogen (secondary N) is 2. The maximum absolute atomic E-state index is 12.1. The zero-order valence-corrected chi connectivity index (χ0v) is 13.6. The summed E-state index contributed by atoms with van der Waals surface area (Å²) >= 11 is 5.93. The van der Waals surface area contributed by atoms with Gasteiger partial charge in [-0.15, -0.1) is 5.10 Å². The number of aryl methyl sites for hydroxylation is 2. The van der Waals surface area contributed by atoms with E-state index in [1.54, 1.807) is 24.3 Å². The molecule has 9 heteroatoms. The van der Waals surface area contributed by atoms with Crippen molar-refractivity contribution >= 4 is 29.2 Å². The highest BCUT2D eigenvalue weighted by molar-refractivity contribution is 6.33. The van der Waals surface area contributed by atoms with Gasteiger partial charge in [0.15, 0.2) is 0 Å². The molecule has 0 unspecified atom stereocenters. The number of carbonyl (C=O) groups is 2. The summed E-state index contributed by atoms with van der Waals surface area (Å²) in [6, 6.07) is 8.32. The van der Waals surface area contributed by atoms with E-state index >= 15 is 0 Å². The number of halogens is 1. The number of aromatic nitrogens is 4. The number of rotatable bonds is 2. The molecule has 122 valence electrons. The van der Waals surface area contributed by atoms with Crippen LogP contribution in [0.5, 0.6) is 0 Å². The minimum absolute atomic E-state index is 0.101. The van der Waals surface area contributed by atoms with Crippen molar-refractivity contribution in [1.29, 1.82) is 0 Å². The van der Waals surface area contributed by atoms with Crippen LogP contribution in [0.15, 0.2) is 30.3 Å². The van der Waals surface area contributed by atoms with Crippen molar-refractivity contribution < 1.29 is 9.59 Å². The second-order valence-corrected chi connectivity index (χ2v) is 5.48. The summed E-state index contributed by atoms with van der Waals surface area (Å²) in [4.78, 5) is 32.4. The molecule has 2 heterocycles. The van der Waals surface area contributed by atoms with Crippen LogP contribution in [0.2, 0.25) is 5.02 Å². The molecule has 3 aromatic rings.